The van der Waals surface area contributed by atoms with E-state index in [1.165, 1.54) is 12.1 Å². The molecule has 1 unspecified atom stereocenters. The summed E-state index contributed by atoms with van der Waals surface area (Å²) in [5, 5.41) is 3.53. The van der Waals surface area contributed by atoms with Crippen LogP contribution < -0.4 is 15.8 Å². The van der Waals surface area contributed by atoms with E-state index in [2.05, 4.69) is 19.9 Å². The van der Waals surface area contributed by atoms with Crippen LogP contribution in [-0.4, -0.2) is 21.1 Å². The number of nitrogens with two attached hydrogens (primary N) is 1. The third kappa shape index (κ3) is 3.53. The molecule has 3 N–H and O–H groups in total. The summed E-state index contributed by atoms with van der Waals surface area (Å²) in [5.41, 5.74) is 7.90. The van der Waals surface area contributed by atoms with Crippen molar-refractivity contribution in [2.45, 2.75) is 26.1 Å². The molecular weight excluding hydrogens is 404 g/mol. The Bertz CT molecular complexity index is 1020. The predicted molar refractivity (Wildman–Crippen MR) is 107 cm³/mol. The predicted octanol–water partition coefficient (Wildman–Crippen LogP) is 4.22. The minimum atomic E-state index is -0.630. The normalized spacial score (nSPS) is 14.6. The molecule has 3 aromatic rings. The van der Waals surface area contributed by atoms with Gasteiger partial charge in [0.2, 0.25) is 0 Å². The number of halogens is 3. The largest absolute Gasteiger partial charge is 0.482 e. The maximum Gasteiger partial charge on any atom is 0.166 e. The van der Waals surface area contributed by atoms with Gasteiger partial charge in [-0.1, -0.05) is 23.2 Å². The molecule has 1 atom stereocenters. The molecule has 28 heavy (non-hydrogen) atoms. The van der Waals surface area contributed by atoms with E-state index in [0.717, 1.165) is 36.7 Å². The smallest absolute Gasteiger partial charge is 0.166 e. The Morgan fingerprint density at radius 2 is 2.18 bits per heavy atom. The van der Waals surface area contributed by atoms with Crippen LogP contribution in [0, 0.1) is 5.82 Å². The first-order valence-corrected chi connectivity index (χ1v) is 9.52. The zero-order chi connectivity index (χ0) is 19.8. The van der Waals surface area contributed by atoms with E-state index < -0.39 is 11.9 Å². The second kappa shape index (κ2) is 7.58. The zero-order valence-electron chi connectivity index (χ0n) is 15.0. The van der Waals surface area contributed by atoms with E-state index in [0.29, 0.717) is 16.3 Å². The lowest BCUT2D eigenvalue weighted by molar-refractivity contribution is 0.227. The monoisotopic (exact) mass is 421 g/mol. The fourth-order valence-corrected chi connectivity index (χ4v) is 3.86. The molecule has 1 aliphatic rings. The number of pyridine rings is 1. The highest BCUT2D eigenvalue weighted by atomic mass is 35.5. The van der Waals surface area contributed by atoms with Gasteiger partial charge in [0.25, 0.3) is 0 Å². The van der Waals surface area contributed by atoms with Gasteiger partial charge in [0.15, 0.2) is 11.6 Å². The van der Waals surface area contributed by atoms with Gasteiger partial charge in [0, 0.05) is 41.6 Å². The Labute approximate surface area is 171 Å². The molecule has 0 amide bonds. The molecule has 0 bridgehead atoms. The molecule has 0 fully saturated rings. The molecule has 9 heteroatoms. The van der Waals surface area contributed by atoms with Gasteiger partial charge in [0.1, 0.15) is 17.7 Å². The quantitative estimate of drug-likeness (QED) is 0.616. The van der Waals surface area contributed by atoms with E-state index in [1.807, 2.05) is 6.20 Å². The van der Waals surface area contributed by atoms with Crippen molar-refractivity contribution in [2.24, 2.45) is 0 Å². The van der Waals surface area contributed by atoms with E-state index in [9.17, 15) is 4.39 Å². The average Bonchev–Trinajstić information content (AvgIpc) is 3.11. The number of nitrogen functional groups attached to an aromatic ring is 1. The Morgan fingerprint density at radius 3 is 2.96 bits per heavy atom. The van der Waals surface area contributed by atoms with E-state index in [1.54, 1.807) is 19.2 Å². The SMILES string of the molecule is CC(Oc1cc(-c2cn3c(n2)CNCC3)cnc1N)c1c(Cl)ccc(F)c1Cl. The summed E-state index contributed by atoms with van der Waals surface area (Å²) in [7, 11) is 0. The lowest BCUT2D eigenvalue weighted by Gasteiger charge is -2.19. The standard InChI is InChI=1S/C19H18Cl2FN5O/c1-10(17-12(20)2-3-13(22)18(17)21)28-15-6-11(7-25-19(15)23)14-9-27-5-4-24-8-16(27)26-14/h2-3,6-7,9-10,24H,4-5,8H2,1H3,(H2,23,25). The number of ether oxygens (including phenoxy) is 1. The van der Waals surface area contributed by atoms with Gasteiger partial charge >= 0.3 is 0 Å². The van der Waals surface area contributed by atoms with Crippen LogP contribution in [0.4, 0.5) is 10.2 Å². The van der Waals surface area contributed by atoms with Crippen molar-refractivity contribution < 1.29 is 9.13 Å². The summed E-state index contributed by atoms with van der Waals surface area (Å²) < 4.78 is 21.9. The van der Waals surface area contributed by atoms with Crippen LogP contribution in [0.25, 0.3) is 11.3 Å². The van der Waals surface area contributed by atoms with Gasteiger partial charge < -0.3 is 20.4 Å². The Morgan fingerprint density at radius 1 is 1.36 bits per heavy atom. The third-order valence-electron chi connectivity index (χ3n) is 4.64. The van der Waals surface area contributed by atoms with Gasteiger partial charge in [-0.25, -0.2) is 14.4 Å². The Hall–Kier alpha value is -2.35. The molecule has 1 aliphatic heterocycles. The summed E-state index contributed by atoms with van der Waals surface area (Å²) in [6, 6.07) is 4.42. The van der Waals surface area contributed by atoms with Gasteiger partial charge in [-0.3, -0.25) is 0 Å². The number of benzene rings is 1. The molecular formula is C19H18Cl2FN5O. The first-order valence-electron chi connectivity index (χ1n) is 8.76. The molecule has 6 nitrogen and oxygen atoms in total. The van der Waals surface area contributed by atoms with Crippen molar-refractivity contribution in [1.82, 2.24) is 19.9 Å². The Kier molecular flexibility index (Phi) is 5.14. The van der Waals surface area contributed by atoms with Crippen molar-refractivity contribution >= 4 is 29.0 Å². The number of nitrogens with one attached hydrogen (secondary N) is 1. The number of nitrogens with zero attached hydrogens (tertiary/aromatic N) is 3. The molecule has 146 valence electrons. The summed E-state index contributed by atoms with van der Waals surface area (Å²) in [6.45, 7) is 4.21. The number of rotatable bonds is 4. The highest BCUT2D eigenvalue weighted by molar-refractivity contribution is 6.36. The number of imidazole rings is 1. The zero-order valence-corrected chi connectivity index (χ0v) is 16.6. The van der Waals surface area contributed by atoms with Gasteiger partial charge in [-0.05, 0) is 25.1 Å². The Balaban J connectivity index is 1.65. The summed E-state index contributed by atoms with van der Waals surface area (Å²) in [4.78, 5) is 8.86. The second-order valence-electron chi connectivity index (χ2n) is 6.54. The fraction of sp³-hybridized carbons (Fsp3) is 0.263. The molecule has 0 saturated heterocycles. The average molecular weight is 422 g/mol. The number of hydrogen-bond donors (Lipinski definition) is 2. The number of aromatic nitrogens is 3. The van der Waals surface area contributed by atoms with Crippen molar-refractivity contribution in [2.75, 3.05) is 12.3 Å². The molecule has 1 aromatic carbocycles. The summed E-state index contributed by atoms with van der Waals surface area (Å²) in [5.74, 6) is 0.969. The molecule has 3 heterocycles. The van der Waals surface area contributed by atoms with Gasteiger partial charge in [0.05, 0.1) is 17.3 Å². The van der Waals surface area contributed by atoms with Crippen LogP contribution in [0.15, 0.2) is 30.6 Å². The highest BCUT2D eigenvalue weighted by Crippen LogP contribution is 2.36. The first kappa shape index (κ1) is 19.0. The van der Waals surface area contributed by atoms with Crippen LogP contribution in [0.5, 0.6) is 5.75 Å². The van der Waals surface area contributed by atoms with E-state index in [-0.39, 0.29) is 10.8 Å². The second-order valence-corrected chi connectivity index (χ2v) is 7.32. The van der Waals surface area contributed by atoms with E-state index in [4.69, 9.17) is 33.7 Å². The molecule has 0 radical (unpaired) electrons. The molecule has 4 rings (SSSR count). The van der Waals surface area contributed by atoms with E-state index >= 15 is 0 Å². The van der Waals surface area contributed by atoms with Crippen LogP contribution in [-0.2, 0) is 13.1 Å². The topological polar surface area (TPSA) is 78.0 Å². The highest BCUT2D eigenvalue weighted by Gasteiger charge is 2.21. The minimum absolute atomic E-state index is 0.0723. The summed E-state index contributed by atoms with van der Waals surface area (Å²) >= 11 is 12.3. The molecule has 0 aliphatic carbocycles. The van der Waals surface area contributed by atoms with Crippen LogP contribution in [0.3, 0.4) is 0 Å². The number of anilines is 1. The van der Waals surface area contributed by atoms with Crippen molar-refractivity contribution in [3.63, 3.8) is 0 Å². The minimum Gasteiger partial charge on any atom is -0.482 e. The van der Waals surface area contributed by atoms with Crippen LogP contribution >= 0.6 is 23.2 Å². The maximum atomic E-state index is 13.8. The lowest BCUT2D eigenvalue weighted by atomic mass is 10.1. The van der Waals surface area contributed by atoms with Crippen molar-refractivity contribution in [3.8, 4) is 17.0 Å². The van der Waals surface area contributed by atoms with Crippen LogP contribution in [0.2, 0.25) is 10.0 Å². The number of fused-ring (bicyclic) bond motifs is 1. The van der Waals surface area contributed by atoms with Gasteiger partial charge in [-0.2, -0.15) is 0 Å². The molecule has 0 saturated carbocycles. The van der Waals surface area contributed by atoms with Crippen molar-refractivity contribution in [3.05, 3.63) is 57.8 Å². The summed E-state index contributed by atoms with van der Waals surface area (Å²) in [6.07, 6.45) is 3.00. The first-order chi connectivity index (χ1) is 13.4. The number of hydrogen-bond acceptors (Lipinski definition) is 5. The lowest BCUT2D eigenvalue weighted by Crippen LogP contribution is -2.27. The third-order valence-corrected chi connectivity index (χ3v) is 5.35. The van der Waals surface area contributed by atoms with Gasteiger partial charge in [-0.15, -0.1) is 0 Å². The molecule has 2 aromatic heterocycles. The fourth-order valence-electron chi connectivity index (χ4n) is 3.18. The van der Waals surface area contributed by atoms with Crippen LogP contribution in [0.1, 0.15) is 24.4 Å². The van der Waals surface area contributed by atoms with Crippen molar-refractivity contribution in [1.29, 1.82) is 0 Å². The molecule has 0 spiro atoms. The maximum absolute atomic E-state index is 13.8.